The van der Waals surface area contributed by atoms with Crippen LogP contribution in [0, 0.1) is 0 Å². The summed E-state index contributed by atoms with van der Waals surface area (Å²) in [5, 5.41) is 2.51. The molecule has 1 N–H and O–H groups in total. The summed E-state index contributed by atoms with van der Waals surface area (Å²) < 4.78 is 5.67. The molecular formula is C14H14BrNO4. The minimum absolute atomic E-state index is 0.184. The summed E-state index contributed by atoms with van der Waals surface area (Å²) in [6, 6.07) is 6.74. The molecule has 0 aromatic heterocycles. The molecule has 1 fully saturated rings. The van der Waals surface area contributed by atoms with Crippen molar-refractivity contribution < 1.29 is 19.1 Å². The van der Waals surface area contributed by atoms with Crippen molar-refractivity contribution in [1.29, 1.82) is 0 Å². The van der Waals surface area contributed by atoms with Gasteiger partial charge in [-0.3, -0.25) is 9.59 Å². The second-order valence-corrected chi connectivity index (χ2v) is 5.51. The third kappa shape index (κ3) is 4.16. The van der Waals surface area contributed by atoms with Gasteiger partial charge in [-0.2, -0.15) is 0 Å². The van der Waals surface area contributed by atoms with E-state index < -0.39 is 17.9 Å². The highest BCUT2D eigenvalue weighted by Gasteiger charge is 2.28. The van der Waals surface area contributed by atoms with Gasteiger partial charge in [0.2, 0.25) is 5.91 Å². The van der Waals surface area contributed by atoms with Crippen LogP contribution in [0.3, 0.4) is 0 Å². The Hall–Kier alpha value is -1.69. The largest absolute Gasteiger partial charge is 0.464 e. The number of carbonyl (C=O) groups excluding carboxylic acids is 3. The van der Waals surface area contributed by atoms with E-state index in [4.69, 9.17) is 4.74 Å². The number of halogens is 1. The van der Waals surface area contributed by atoms with Gasteiger partial charge in [-0.15, -0.1) is 0 Å². The minimum Gasteiger partial charge on any atom is -0.464 e. The molecule has 1 atom stereocenters. The Labute approximate surface area is 124 Å². The van der Waals surface area contributed by atoms with E-state index in [0.29, 0.717) is 13.0 Å². The molecule has 5 nitrogen and oxygen atoms in total. The van der Waals surface area contributed by atoms with Gasteiger partial charge in [-0.05, 0) is 17.7 Å². The van der Waals surface area contributed by atoms with Crippen LogP contribution in [0.2, 0.25) is 0 Å². The van der Waals surface area contributed by atoms with Crippen LogP contribution in [0.1, 0.15) is 18.4 Å². The average molecular weight is 340 g/mol. The standard InChI is InChI=1S/C14H14BrNO4/c15-10-3-1-9(2-4-10)7-11(17)8-13(18)16-12-5-6-20-14(12)19/h1-4,12H,5-8H2,(H,16,18)/t12-/m1/s1. The van der Waals surface area contributed by atoms with Crippen LogP contribution < -0.4 is 5.32 Å². The van der Waals surface area contributed by atoms with Crippen LogP contribution in [0.25, 0.3) is 0 Å². The maximum atomic E-state index is 11.8. The van der Waals surface area contributed by atoms with E-state index in [1.807, 2.05) is 24.3 Å². The summed E-state index contributed by atoms with van der Waals surface area (Å²) in [4.78, 5) is 34.6. The highest BCUT2D eigenvalue weighted by Crippen LogP contribution is 2.11. The maximum Gasteiger partial charge on any atom is 0.328 e. The second-order valence-electron chi connectivity index (χ2n) is 4.59. The first-order valence-corrected chi connectivity index (χ1v) is 7.06. The smallest absolute Gasteiger partial charge is 0.328 e. The lowest BCUT2D eigenvalue weighted by molar-refractivity contribution is -0.141. The Morgan fingerprint density at radius 2 is 2.00 bits per heavy atom. The predicted octanol–water partition coefficient (Wildman–Crippen LogP) is 1.38. The number of benzene rings is 1. The molecule has 1 amide bonds. The maximum absolute atomic E-state index is 11.8. The first-order valence-electron chi connectivity index (χ1n) is 6.27. The van der Waals surface area contributed by atoms with Crippen molar-refractivity contribution in [3.63, 3.8) is 0 Å². The number of hydrogen-bond donors (Lipinski definition) is 1. The van der Waals surface area contributed by atoms with Gasteiger partial charge in [0.1, 0.15) is 11.8 Å². The molecule has 2 rings (SSSR count). The van der Waals surface area contributed by atoms with Crippen molar-refractivity contribution in [2.45, 2.75) is 25.3 Å². The number of Topliss-reactive ketones (excluding diaryl/α,β-unsaturated/α-hetero) is 1. The molecule has 0 unspecified atom stereocenters. The van der Waals surface area contributed by atoms with Crippen molar-refractivity contribution in [3.8, 4) is 0 Å². The number of nitrogens with one attached hydrogen (secondary N) is 1. The number of rotatable bonds is 5. The van der Waals surface area contributed by atoms with E-state index in [1.54, 1.807) is 0 Å². The summed E-state index contributed by atoms with van der Waals surface area (Å²) >= 11 is 3.31. The number of amides is 1. The molecule has 1 aromatic rings. The highest BCUT2D eigenvalue weighted by molar-refractivity contribution is 9.10. The van der Waals surface area contributed by atoms with E-state index in [-0.39, 0.29) is 18.6 Å². The highest BCUT2D eigenvalue weighted by atomic mass is 79.9. The minimum atomic E-state index is -0.608. The SMILES string of the molecule is O=C(CC(=O)N[C@@H]1CCOC1=O)Cc1ccc(Br)cc1. The first-order chi connectivity index (χ1) is 9.54. The van der Waals surface area contributed by atoms with Crippen molar-refractivity contribution in [3.05, 3.63) is 34.3 Å². The molecule has 1 saturated heterocycles. The Bertz CT molecular complexity index is 526. The van der Waals surface area contributed by atoms with E-state index in [1.165, 1.54) is 0 Å². The Balaban J connectivity index is 1.80. The monoisotopic (exact) mass is 339 g/mol. The molecule has 6 heteroatoms. The molecule has 1 aliphatic heterocycles. The van der Waals surface area contributed by atoms with Crippen LogP contribution in [-0.2, 0) is 25.5 Å². The zero-order valence-electron chi connectivity index (χ0n) is 10.7. The Morgan fingerprint density at radius 1 is 1.30 bits per heavy atom. The van der Waals surface area contributed by atoms with Gasteiger partial charge < -0.3 is 10.1 Å². The third-order valence-electron chi connectivity index (χ3n) is 2.94. The average Bonchev–Trinajstić information content (AvgIpc) is 2.77. The fourth-order valence-electron chi connectivity index (χ4n) is 1.94. The molecule has 1 aromatic carbocycles. The van der Waals surface area contributed by atoms with Crippen LogP contribution in [0.15, 0.2) is 28.7 Å². The second kappa shape index (κ2) is 6.65. The first kappa shape index (κ1) is 14.7. The third-order valence-corrected chi connectivity index (χ3v) is 3.47. The molecule has 0 bridgehead atoms. The molecule has 0 radical (unpaired) electrons. The van der Waals surface area contributed by atoms with Gasteiger partial charge in [0.05, 0.1) is 13.0 Å². The zero-order valence-corrected chi connectivity index (χ0v) is 12.3. The summed E-state index contributed by atoms with van der Waals surface area (Å²) in [6.07, 6.45) is 0.446. The number of hydrogen-bond acceptors (Lipinski definition) is 4. The Morgan fingerprint density at radius 3 is 2.60 bits per heavy atom. The van der Waals surface area contributed by atoms with E-state index in [0.717, 1.165) is 10.0 Å². The van der Waals surface area contributed by atoms with Crippen molar-refractivity contribution in [2.24, 2.45) is 0 Å². The van der Waals surface area contributed by atoms with Gasteiger partial charge >= 0.3 is 5.97 Å². The van der Waals surface area contributed by atoms with Crippen LogP contribution in [0.4, 0.5) is 0 Å². The number of carbonyl (C=O) groups is 3. The predicted molar refractivity (Wildman–Crippen MR) is 75.0 cm³/mol. The van der Waals surface area contributed by atoms with Gasteiger partial charge in [0, 0.05) is 17.3 Å². The molecule has 106 valence electrons. The fourth-order valence-corrected chi connectivity index (χ4v) is 2.21. The quantitative estimate of drug-likeness (QED) is 0.649. The van der Waals surface area contributed by atoms with Crippen LogP contribution in [0.5, 0.6) is 0 Å². The van der Waals surface area contributed by atoms with Crippen molar-refractivity contribution in [1.82, 2.24) is 5.32 Å². The lowest BCUT2D eigenvalue weighted by Gasteiger charge is -2.08. The van der Waals surface area contributed by atoms with Gasteiger partial charge in [-0.1, -0.05) is 28.1 Å². The zero-order chi connectivity index (χ0) is 14.5. The van der Waals surface area contributed by atoms with Crippen molar-refractivity contribution >= 4 is 33.6 Å². The molecular weight excluding hydrogens is 326 g/mol. The van der Waals surface area contributed by atoms with E-state index in [9.17, 15) is 14.4 Å². The van der Waals surface area contributed by atoms with Gasteiger partial charge in [0.25, 0.3) is 0 Å². The molecule has 0 spiro atoms. The summed E-state index contributed by atoms with van der Waals surface area (Å²) in [7, 11) is 0. The van der Waals surface area contributed by atoms with Crippen LogP contribution >= 0.6 is 15.9 Å². The van der Waals surface area contributed by atoms with Crippen LogP contribution in [-0.4, -0.2) is 30.3 Å². The van der Waals surface area contributed by atoms with E-state index in [2.05, 4.69) is 21.2 Å². The molecule has 20 heavy (non-hydrogen) atoms. The fraction of sp³-hybridized carbons (Fsp3) is 0.357. The number of cyclic esters (lactones) is 1. The summed E-state index contributed by atoms with van der Waals surface area (Å²) in [5.41, 5.74) is 0.853. The summed E-state index contributed by atoms with van der Waals surface area (Å²) in [6.45, 7) is 0.316. The number of esters is 1. The van der Waals surface area contributed by atoms with Gasteiger partial charge in [-0.25, -0.2) is 4.79 Å². The molecule has 1 heterocycles. The molecule has 0 aliphatic carbocycles. The Kier molecular flexibility index (Phi) is 4.89. The molecule has 1 aliphatic rings. The summed E-state index contributed by atoms with van der Waals surface area (Å²) in [5.74, 6) is -1.05. The normalized spacial score (nSPS) is 17.6. The topological polar surface area (TPSA) is 72.5 Å². The van der Waals surface area contributed by atoms with E-state index >= 15 is 0 Å². The molecule has 0 saturated carbocycles. The number of ketones is 1. The van der Waals surface area contributed by atoms with Gasteiger partial charge in [0.15, 0.2) is 0 Å². The lowest BCUT2D eigenvalue weighted by Crippen LogP contribution is -2.38. The number of ether oxygens (including phenoxy) is 1. The van der Waals surface area contributed by atoms with Crippen molar-refractivity contribution in [2.75, 3.05) is 6.61 Å². The lowest BCUT2D eigenvalue weighted by atomic mass is 10.1.